The van der Waals surface area contributed by atoms with E-state index < -0.39 is 0 Å². The molecule has 0 saturated heterocycles. The standard InChI is InChI=1S/C16H21NS/c1-11-5-8-15(9-6-11)13(3)17-14(4)16-10-7-12(2)18-16/h5-10,13-14,17H,1-4H3/t13-,14?/m0/s1. The van der Waals surface area contributed by atoms with Crippen molar-refractivity contribution in [1.29, 1.82) is 0 Å². The van der Waals surface area contributed by atoms with Gasteiger partial charge in [0.1, 0.15) is 0 Å². The van der Waals surface area contributed by atoms with Crippen molar-refractivity contribution in [1.82, 2.24) is 5.32 Å². The molecule has 1 heterocycles. The fourth-order valence-corrected chi connectivity index (χ4v) is 2.98. The Labute approximate surface area is 114 Å². The van der Waals surface area contributed by atoms with Crippen LogP contribution in [-0.4, -0.2) is 0 Å². The first-order chi connectivity index (χ1) is 8.56. The largest absolute Gasteiger partial charge is 0.303 e. The highest BCUT2D eigenvalue weighted by Crippen LogP contribution is 2.25. The zero-order valence-corrected chi connectivity index (χ0v) is 12.3. The second kappa shape index (κ2) is 5.68. The van der Waals surface area contributed by atoms with Gasteiger partial charge in [-0.15, -0.1) is 11.3 Å². The molecule has 0 aliphatic heterocycles. The highest BCUT2D eigenvalue weighted by Gasteiger charge is 2.12. The molecule has 0 radical (unpaired) electrons. The van der Waals surface area contributed by atoms with Crippen LogP contribution in [0.5, 0.6) is 0 Å². The van der Waals surface area contributed by atoms with Gasteiger partial charge in [-0.25, -0.2) is 0 Å². The molecule has 1 unspecified atom stereocenters. The number of nitrogens with one attached hydrogen (secondary N) is 1. The highest BCUT2D eigenvalue weighted by atomic mass is 32.1. The maximum atomic E-state index is 3.66. The van der Waals surface area contributed by atoms with E-state index in [0.717, 1.165) is 0 Å². The summed E-state index contributed by atoms with van der Waals surface area (Å²) in [7, 11) is 0. The van der Waals surface area contributed by atoms with Gasteiger partial charge < -0.3 is 5.32 Å². The molecule has 1 aromatic carbocycles. The van der Waals surface area contributed by atoms with Crippen molar-refractivity contribution in [3.63, 3.8) is 0 Å². The fourth-order valence-electron chi connectivity index (χ4n) is 2.09. The molecule has 2 aromatic rings. The minimum Gasteiger partial charge on any atom is -0.303 e. The van der Waals surface area contributed by atoms with E-state index in [2.05, 4.69) is 69.4 Å². The first-order valence-corrected chi connectivity index (χ1v) is 7.27. The molecule has 0 aliphatic rings. The molecule has 96 valence electrons. The molecule has 2 atom stereocenters. The molecule has 0 bridgehead atoms. The van der Waals surface area contributed by atoms with Crippen LogP contribution in [0.2, 0.25) is 0 Å². The number of benzene rings is 1. The minimum absolute atomic E-state index is 0.378. The van der Waals surface area contributed by atoms with E-state index in [9.17, 15) is 0 Å². The van der Waals surface area contributed by atoms with Gasteiger partial charge in [0, 0.05) is 21.8 Å². The summed E-state index contributed by atoms with van der Waals surface area (Å²) in [6.07, 6.45) is 0. The Bertz CT molecular complexity index is 498. The van der Waals surface area contributed by atoms with Gasteiger partial charge >= 0.3 is 0 Å². The van der Waals surface area contributed by atoms with Crippen LogP contribution >= 0.6 is 11.3 Å². The summed E-state index contributed by atoms with van der Waals surface area (Å²) in [6.45, 7) is 8.74. The summed E-state index contributed by atoms with van der Waals surface area (Å²) in [5.74, 6) is 0. The zero-order chi connectivity index (χ0) is 13.1. The molecule has 1 N–H and O–H groups in total. The van der Waals surface area contributed by atoms with Gasteiger partial charge in [0.2, 0.25) is 0 Å². The van der Waals surface area contributed by atoms with Crippen molar-refractivity contribution in [2.75, 3.05) is 0 Å². The van der Waals surface area contributed by atoms with Crippen LogP contribution in [0.3, 0.4) is 0 Å². The summed E-state index contributed by atoms with van der Waals surface area (Å²) in [5.41, 5.74) is 2.66. The lowest BCUT2D eigenvalue weighted by molar-refractivity contribution is 0.500. The molecule has 0 amide bonds. The van der Waals surface area contributed by atoms with Crippen molar-refractivity contribution >= 4 is 11.3 Å². The normalized spacial score (nSPS) is 14.4. The van der Waals surface area contributed by atoms with E-state index in [-0.39, 0.29) is 0 Å². The van der Waals surface area contributed by atoms with Crippen LogP contribution in [0, 0.1) is 13.8 Å². The molecular formula is C16H21NS. The van der Waals surface area contributed by atoms with Gasteiger partial charge in [-0.05, 0) is 45.4 Å². The highest BCUT2D eigenvalue weighted by molar-refractivity contribution is 7.12. The Morgan fingerprint density at radius 2 is 1.56 bits per heavy atom. The fraction of sp³-hybridized carbons (Fsp3) is 0.375. The van der Waals surface area contributed by atoms with E-state index in [1.54, 1.807) is 0 Å². The molecular weight excluding hydrogens is 238 g/mol. The van der Waals surface area contributed by atoms with E-state index in [4.69, 9.17) is 0 Å². The number of hydrogen-bond donors (Lipinski definition) is 1. The summed E-state index contributed by atoms with van der Waals surface area (Å²) >= 11 is 1.87. The number of hydrogen-bond acceptors (Lipinski definition) is 2. The van der Waals surface area contributed by atoms with Crippen LogP contribution in [0.25, 0.3) is 0 Å². The smallest absolute Gasteiger partial charge is 0.0391 e. The second-order valence-corrected chi connectivity index (χ2v) is 6.29. The Morgan fingerprint density at radius 3 is 2.11 bits per heavy atom. The molecule has 0 fully saturated rings. The number of thiophene rings is 1. The van der Waals surface area contributed by atoms with Crippen LogP contribution in [0.1, 0.15) is 46.8 Å². The summed E-state index contributed by atoms with van der Waals surface area (Å²) in [6, 6.07) is 14.0. The van der Waals surface area contributed by atoms with Crippen LogP contribution < -0.4 is 5.32 Å². The molecule has 1 nitrogen and oxygen atoms in total. The van der Waals surface area contributed by atoms with Crippen LogP contribution in [-0.2, 0) is 0 Å². The van der Waals surface area contributed by atoms with Crippen LogP contribution in [0.4, 0.5) is 0 Å². The molecule has 0 aliphatic carbocycles. The third-order valence-electron chi connectivity index (χ3n) is 3.27. The van der Waals surface area contributed by atoms with Crippen molar-refractivity contribution in [3.8, 4) is 0 Å². The molecule has 0 saturated carbocycles. The summed E-state index contributed by atoms with van der Waals surface area (Å²) < 4.78 is 0. The maximum absolute atomic E-state index is 3.66. The zero-order valence-electron chi connectivity index (χ0n) is 11.5. The monoisotopic (exact) mass is 259 g/mol. The van der Waals surface area contributed by atoms with E-state index in [0.29, 0.717) is 12.1 Å². The maximum Gasteiger partial charge on any atom is 0.0391 e. The topological polar surface area (TPSA) is 12.0 Å². The summed E-state index contributed by atoms with van der Waals surface area (Å²) in [5, 5.41) is 3.66. The third-order valence-corrected chi connectivity index (χ3v) is 4.45. The van der Waals surface area contributed by atoms with Gasteiger partial charge in [0.25, 0.3) is 0 Å². The average Bonchev–Trinajstić information content (AvgIpc) is 2.76. The second-order valence-electron chi connectivity index (χ2n) is 4.97. The van der Waals surface area contributed by atoms with Crippen molar-refractivity contribution in [3.05, 3.63) is 57.3 Å². The quantitative estimate of drug-likeness (QED) is 0.833. The first kappa shape index (κ1) is 13.3. The van der Waals surface area contributed by atoms with Crippen molar-refractivity contribution in [2.45, 2.75) is 39.8 Å². The average molecular weight is 259 g/mol. The van der Waals surface area contributed by atoms with E-state index >= 15 is 0 Å². The lowest BCUT2D eigenvalue weighted by Gasteiger charge is -2.19. The Kier molecular flexibility index (Phi) is 4.20. The van der Waals surface area contributed by atoms with Gasteiger partial charge in [0.15, 0.2) is 0 Å². The lowest BCUT2D eigenvalue weighted by atomic mass is 10.1. The van der Waals surface area contributed by atoms with Gasteiger partial charge in [-0.2, -0.15) is 0 Å². The Balaban J connectivity index is 2.02. The predicted molar refractivity (Wildman–Crippen MR) is 80.2 cm³/mol. The number of aryl methyl sites for hydroxylation is 2. The van der Waals surface area contributed by atoms with Gasteiger partial charge in [-0.3, -0.25) is 0 Å². The molecule has 18 heavy (non-hydrogen) atoms. The molecule has 2 heteroatoms. The van der Waals surface area contributed by atoms with Crippen molar-refractivity contribution < 1.29 is 0 Å². The molecule has 1 aromatic heterocycles. The molecule has 0 spiro atoms. The van der Waals surface area contributed by atoms with Gasteiger partial charge in [-0.1, -0.05) is 29.8 Å². The van der Waals surface area contributed by atoms with Crippen LogP contribution in [0.15, 0.2) is 36.4 Å². The first-order valence-electron chi connectivity index (χ1n) is 6.45. The van der Waals surface area contributed by atoms with E-state index in [1.165, 1.54) is 20.9 Å². The summed E-state index contributed by atoms with van der Waals surface area (Å²) in [4.78, 5) is 2.79. The van der Waals surface area contributed by atoms with E-state index in [1.807, 2.05) is 11.3 Å². The predicted octanol–water partition coefficient (Wildman–Crippen LogP) is 4.78. The SMILES string of the molecule is Cc1ccc([C@H](C)NC(C)c2ccc(C)s2)cc1. The van der Waals surface area contributed by atoms with Gasteiger partial charge in [0.05, 0.1) is 0 Å². The number of rotatable bonds is 4. The van der Waals surface area contributed by atoms with Crippen molar-refractivity contribution in [2.24, 2.45) is 0 Å². The Morgan fingerprint density at radius 1 is 0.889 bits per heavy atom. The lowest BCUT2D eigenvalue weighted by Crippen LogP contribution is -2.21. The molecule has 2 rings (SSSR count). The minimum atomic E-state index is 0.378. The Hall–Kier alpha value is -1.12. The third kappa shape index (κ3) is 3.21.